The van der Waals surface area contributed by atoms with Crippen LogP contribution in [0.3, 0.4) is 0 Å². The van der Waals surface area contributed by atoms with Crippen LogP contribution >= 0.6 is 11.6 Å². The molecule has 0 unspecified atom stereocenters. The third kappa shape index (κ3) is 4.31. The van der Waals surface area contributed by atoms with Crippen molar-refractivity contribution in [3.63, 3.8) is 0 Å². The first-order chi connectivity index (χ1) is 10.6. The largest absolute Gasteiger partial charge is 0.351 e. The van der Waals surface area contributed by atoms with Crippen LogP contribution in [0.2, 0.25) is 5.02 Å². The van der Waals surface area contributed by atoms with Crippen molar-refractivity contribution in [1.82, 2.24) is 5.32 Å². The van der Waals surface area contributed by atoms with Crippen molar-refractivity contribution in [3.05, 3.63) is 70.7 Å². The highest BCUT2D eigenvalue weighted by atomic mass is 35.5. The molecule has 0 fully saturated rings. The average molecular weight is 319 g/mol. The van der Waals surface area contributed by atoms with Gasteiger partial charge in [0.25, 0.3) is 5.91 Å². The van der Waals surface area contributed by atoms with Crippen LogP contribution in [-0.4, -0.2) is 11.9 Å². The first kappa shape index (κ1) is 16.0. The first-order valence-electron chi connectivity index (χ1n) is 6.80. The molecule has 0 aliphatic carbocycles. The summed E-state index contributed by atoms with van der Waals surface area (Å²) in [6, 6.07) is 15.2. The average Bonchev–Trinajstić information content (AvgIpc) is 2.49. The molecule has 114 valence electrons. The van der Waals surface area contributed by atoms with Crippen molar-refractivity contribution in [2.45, 2.75) is 12.6 Å². The van der Waals surface area contributed by atoms with E-state index >= 15 is 0 Å². The zero-order valence-electron chi connectivity index (χ0n) is 11.8. The maximum absolute atomic E-state index is 12.2. The lowest BCUT2D eigenvalue weighted by atomic mass is 10.1. The number of benzene rings is 2. The van der Waals surface area contributed by atoms with E-state index in [4.69, 9.17) is 17.3 Å². The van der Waals surface area contributed by atoms with Crippen LogP contribution in [0.25, 0.3) is 0 Å². The SMILES string of the molecule is NC(=O)NC(=O)[C@@H]([NH2+]Cc1ccccc1Cl)c1ccccc1. The van der Waals surface area contributed by atoms with Crippen LogP contribution in [0, 0.1) is 0 Å². The van der Waals surface area contributed by atoms with E-state index in [1.54, 1.807) is 6.07 Å². The maximum Gasteiger partial charge on any atom is 0.319 e. The minimum Gasteiger partial charge on any atom is -0.351 e. The Bertz CT molecular complexity index is 661. The fraction of sp³-hybridized carbons (Fsp3) is 0.125. The lowest BCUT2D eigenvalue weighted by Gasteiger charge is -2.15. The van der Waals surface area contributed by atoms with Gasteiger partial charge < -0.3 is 11.1 Å². The summed E-state index contributed by atoms with van der Waals surface area (Å²) in [5.41, 5.74) is 6.73. The molecule has 0 aliphatic rings. The molecule has 1 atom stereocenters. The molecule has 22 heavy (non-hydrogen) atoms. The molecule has 0 spiro atoms. The van der Waals surface area contributed by atoms with Gasteiger partial charge in [-0.2, -0.15) is 0 Å². The minimum absolute atomic E-state index is 0.453. The summed E-state index contributed by atoms with van der Waals surface area (Å²) in [7, 11) is 0. The number of primary amides is 1. The predicted octanol–water partition coefficient (Wildman–Crippen LogP) is 1.34. The lowest BCUT2D eigenvalue weighted by molar-refractivity contribution is -0.698. The van der Waals surface area contributed by atoms with Crippen molar-refractivity contribution >= 4 is 23.5 Å². The predicted molar refractivity (Wildman–Crippen MR) is 84.0 cm³/mol. The highest BCUT2D eigenvalue weighted by Gasteiger charge is 2.25. The molecule has 0 saturated heterocycles. The molecule has 2 rings (SSSR count). The van der Waals surface area contributed by atoms with Gasteiger partial charge in [0.2, 0.25) is 0 Å². The van der Waals surface area contributed by atoms with Crippen LogP contribution in [-0.2, 0) is 11.3 Å². The van der Waals surface area contributed by atoms with Gasteiger partial charge >= 0.3 is 6.03 Å². The van der Waals surface area contributed by atoms with Gasteiger partial charge in [-0.25, -0.2) is 4.79 Å². The number of rotatable bonds is 5. The molecule has 5 nitrogen and oxygen atoms in total. The molecule has 0 heterocycles. The van der Waals surface area contributed by atoms with Gasteiger partial charge in [0, 0.05) is 16.1 Å². The van der Waals surface area contributed by atoms with Gasteiger partial charge in [-0.05, 0) is 6.07 Å². The Hall–Kier alpha value is -2.37. The second kappa shape index (κ2) is 7.59. The van der Waals surface area contributed by atoms with Crippen LogP contribution in [0.5, 0.6) is 0 Å². The summed E-state index contributed by atoms with van der Waals surface area (Å²) in [5.74, 6) is -0.453. The number of nitrogens with two attached hydrogens (primary N) is 2. The molecule has 0 saturated carbocycles. The monoisotopic (exact) mass is 318 g/mol. The Balaban J connectivity index is 2.16. The molecule has 0 aromatic heterocycles. The van der Waals surface area contributed by atoms with Crippen molar-refractivity contribution in [2.75, 3.05) is 0 Å². The smallest absolute Gasteiger partial charge is 0.319 e. The number of halogens is 1. The second-order valence-corrected chi connectivity index (χ2v) is 5.18. The maximum atomic E-state index is 12.2. The number of hydrogen-bond donors (Lipinski definition) is 3. The van der Waals surface area contributed by atoms with E-state index in [0.29, 0.717) is 11.6 Å². The van der Waals surface area contributed by atoms with Crippen LogP contribution in [0.1, 0.15) is 17.2 Å². The van der Waals surface area contributed by atoms with Gasteiger partial charge in [0.05, 0.1) is 0 Å². The molecule has 3 amide bonds. The van der Waals surface area contributed by atoms with Crippen molar-refractivity contribution < 1.29 is 14.9 Å². The van der Waals surface area contributed by atoms with Crippen LogP contribution in [0.15, 0.2) is 54.6 Å². The third-order valence-corrected chi connectivity index (χ3v) is 3.59. The number of carbonyl (C=O) groups is 2. The molecule has 0 radical (unpaired) electrons. The molecule has 0 bridgehead atoms. The van der Waals surface area contributed by atoms with E-state index in [0.717, 1.165) is 11.1 Å². The Labute approximate surface area is 133 Å². The molecule has 2 aromatic carbocycles. The molecular weight excluding hydrogens is 302 g/mol. The number of carbonyl (C=O) groups excluding carboxylic acids is 2. The summed E-state index contributed by atoms with van der Waals surface area (Å²) < 4.78 is 0. The highest BCUT2D eigenvalue weighted by Crippen LogP contribution is 2.14. The van der Waals surface area contributed by atoms with E-state index < -0.39 is 18.0 Å². The van der Waals surface area contributed by atoms with Crippen LogP contribution < -0.4 is 16.4 Å². The normalized spacial score (nSPS) is 11.7. The quantitative estimate of drug-likeness (QED) is 0.776. The molecule has 2 aromatic rings. The molecule has 6 heteroatoms. The van der Waals surface area contributed by atoms with Crippen LogP contribution in [0.4, 0.5) is 4.79 Å². The van der Waals surface area contributed by atoms with Gasteiger partial charge in [-0.3, -0.25) is 10.1 Å². The van der Waals surface area contributed by atoms with Gasteiger partial charge in [-0.15, -0.1) is 0 Å². The van der Waals surface area contributed by atoms with E-state index in [1.807, 2.05) is 53.8 Å². The third-order valence-electron chi connectivity index (χ3n) is 3.22. The van der Waals surface area contributed by atoms with E-state index in [1.165, 1.54) is 0 Å². The summed E-state index contributed by atoms with van der Waals surface area (Å²) >= 11 is 6.12. The number of quaternary nitrogens is 1. The fourth-order valence-corrected chi connectivity index (χ4v) is 2.38. The molecule has 5 N–H and O–H groups in total. The lowest BCUT2D eigenvalue weighted by Crippen LogP contribution is -2.86. The summed E-state index contributed by atoms with van der Waals surface area (Å²) in [5, 5.41) is 4.58. The summed E-state index contributed by atoms with van der Waals surface area (Å²) in [6.07, 6.45) is 0. The second-order valence-electron chi connectivity index (χ2n) is 4.77. The molecular formula is C16H17ClN3O2+. The van der Waals surface area contributed by atoms with Crippen molar-refractivity contribution in [3.8, 4) is 0 Å². The fourth-order valence-electron chi connectivity index (χ4n) is 2.16. The van der Waals surface area contributed by atoms with Gasteiger partial charge in [0.1, 0.15) is 6.54 Å². The molecule has 0 aliphatic heterocycles. The number of imide groups is 1. The van der Waals surface area contributed by atoms with E-state index in [2.05, 4.69) is 5.32 Å². The Morgan fingerprint density at radius 1 is 1.09 bits per heavy atom. The topological polar surface area (TPSA) is 88.8 Å². The van der Waals surface area contributed by atoms with Crippen molar-refractivity contribution in [2.24, 2.45) is 5.73 Å². The summed E-state index contributed by atoms with van der Waals surface area (Å²) in [4.78, 5) is 23.1. The number of urea groups is 1. The van der Waals surface area contributed by atoms with E-state index in [9.17, 15) is 9.59 Å². The Kier molecular flexibility index (Phi) is 5.52. The standard InChI is InChI=1S/C16H16ClN3O2/c17-13-9-5-4-8-12(13)10-19-14(15(21)20-16(18)22)11-6-2-1-3-7-11/h1-9,14,19H,10H2,(H3,18,20,21,22)/p+1/t14-/m0/s1. The number of amides is 3. The summed E-state index contributed by atoms with van der Waals surface area (Å²) in [6.45, 7) is 0.505. The van der Waals surface area contributed by atoms with Gasteiger partial charge in [-0.1, -0.05) is 60.1 Å². The zero-order chi connectivity index (χ0) is 15.9. The minimum atomic E-state index is -0.864. The Morgan fingerprint density at radius 2 is 1.73 bits per heavy atom. The Morgan fingerprint density at radius 3 is 2.36 bits per heavy atom. The van der Waals surface area contributed by atoms with Gasteiger partial charge in [0.15, 0.2) is 6.04 Å². The van der Waals surface area contributed by atoms with Crippen molar-refractivity contribution in [1.29, 1.82) is 0 Å². The zero-order valence-corrected chi connectivity index (χ0v) is 12.6. The number of nitrogens with one attached hydrogen (secondary N) is 1. The number of hydrogen-bond acceptors (Lipinski definition) is 2. The highest BCUT2D eigenvalue weighted by molar-refractivity contribution is 6.31. The van der Waals surface area contributed by atoms with E-state index in [-0.39, 0.29) is 0 Å². The first-order valence-corrected chi connectivity index (χ1v) is 7.17.